The van der Waals surface area contributed by atoms with Gasteiger partial charge >= 0.3 is 0 Å². The third-order valence-corrected chi connectivity index (χ3v) is 2.85. The molecule has 0 heterocycles. The Balaban J connectivity index is 4.37. The van der Waals surface area contributed by atoms with Gasteiger partial charge in [0, 0.05) is 23.6 Å². The minimum Gasteiger partial charge on any atom is -0.378 e. The molecule has 0 amide bonds. The lowest BCUT2D eigenvalue weighted by atomic mass is 9.88. The number of ether oxygens (including phenoxy) is 1. The quantitative estimate of drug-likeness (QED) is 0.534. The van der Waals surface area contributed by atoms with E-state index in [1.807, 2.05) is 6.92 Å². The van der Waals surface area contributed by atoms with Crippen molar-refractivity contribution in [1.82, 2.24) is 0 Å². The molecule has 0 aliphatic carbocycles. The zero-order valence-electron chi connectivity index (χ0n) is 11.5. The summed E-state index contributed by atoms with van der Waals surface area (Å²) in [6.45, 7) is 13.6. The zero-order valence-corrected chi connectivity index (χ0v) is 13.1. The third kappa shape index (κ3) is 8.28. The van der Waals surface area contributed by atoms with Crippen LogP contribution in [-0.4, -0.2) is 29.8 Å². The lowest BCUT2D eigenvalue weighted by Gasteiger charge is -2.26. The van der Waals surface area contributed by atoms with Gasteiger partial charge in [-0.1, -0.05) is 29.8 Å². The summed E-state index contributed by atoms with van der Waals surface area (Å²) in [7, 11) is 0. The fourth-order valence-electron chi connectivity index (χ4n) is 1.40. The molecule has 3 heteroatoms. The van der Waals surface area contributed by atoms with Crippen LogP contribution in [0, 0.1) is 5.41 Å². The van der Waals surface area contributed by atoms with Gasteiger partial charge in [-0.05, 0) is 34.1 Å². The van der Waals surface area contributed by atoms with Crippen molar-refractivity contribution in [2.45, 2.75) is 59.6 Å². The Labute approximate surface area is 109 Å². The van der Waals surface area contributed by atoms with Gasteiger partial charge in [0.05, 0.1) is 11.6 Å². The first-order chi connectivity index (χ1) is 7.20. The average Bonchev–Trinajstić information content (AvgIpc) is 2.13. The van der Waals surface area contributed by atoms with Crippen molar-refractivity contribution in [1.29, 1.82) is 0 Å². The smallest absolute Gasteiger partial charge is 0.0680 e. The summed E-state index contributed by atoms with van der Waals surface area (Å²) in [4.78, 5) is 4.58. The van der Waals surface area contributed by atoms with Crippen molar-refractivity contribution in [3.63, 3.8) is 0 Å². The van der Waals surface area contributed by atoms with Crippen LogP contribution in [-0.2, 0) is 4.74 Å². The number of halogens is 1. The van der Waals surface area contributed by atoms with Gasteiger partial charge in [-0.25, -0.2) is 0 Å². The number of alkyl halides is 1. The Morgan fingerprint density at radius 3 is 2.19 bits per heavy atom. The fourth-order valence-corrected chi connectivity index (χ4v) is 1.82. The summed E-state index contributed by atoms with van der Waals surface area (Å²) >= 11 is 3.49. The van der Waals surface area contributed by atoms with Gasteiger partial charge in [0.2, 0.25) is 0 Å². The van der Waals surface area contributed by atoms with E-state index in [4.69, 9.17) is 4.74 Å². The summed E-state index contributed by atoms with van der Waals surface area (Å²) in [6.07, 6.45) is 3.33. The Kier molecular flexibility index (Phi) is 6.80. The van der Waals surface area contributed by atoms with Gasteiger partial charge in [0.25, 0.3) is 0 Å². The second-order valence-electron chi connectivity index (χ2n) is 5.85. The summed E-state index contributed by atoms with van der Waals surface area (Å²) < 4.78 is 5.65. The summed E-state index contributed by atoms with van der Waals surface area (Å²) in [5, 5.41) is 0.883. The molecule has 0 saturated carbocycles. The van der Waals surface area contributed by atoms with Crippen LogP contribution in [0.2, 0.25) is 0 Å². The van der Waals surface area contributed by atoms with Crippen LogP contribution < -0.4 is 0 Å². The van der Waals surface area contributed by atoms with E-state index in [1.54, 1.807) is 0 Å². The molecule has 96 valence electrons. The van der Waals surface area contributed by atoms with E-state index in [0.29, 0.717) is 0 Å². The molecule has 2 nitrogen and oxygen atoms in total. The van der Waals surface area contributed by atoms with Crippen molar-refractivity contribution in [3.05, 3.63) is 0 Å². The molecular weight excluding hydrogens is 266 g/mol. The maximum Gasteiger partial charge on any atom is 0.0680 e. The molecule has 1 unspecified atom stereocenters. The van der Waals surface area contributed by atoms with Gasteiger partial charge in [0.1, 0.15) is 0 Å². The van der Waals surface area contributed by atoms with E-state index < -0.39 is 0 Å². The second kappa shape index (κ2) is 6.75. The van der Waals surface area contributed by atoms with Crippen LogP contribution in [0.4, 0.5) is 0 Å². The van der Waals surface area contributed by atoms with E-state index in [9.17, 15) is 0 Å². The summed E-state index contributed by atoms with van der Waals surface area (Å²) in [6, 6.07) is 0. The summed E-state index contributed by atoms with van der Waals surface area (Å²) in [5.74, 6) is 0. The molecule has 0 bridgehead atoms. The second-order valence-corrected chi connectivity index (χ2v) is 6.50. The van der Waals surface area contributed by atoms with E-state index in [1.165, 1.54) is 0 Å². The minimum atomic E-state index is 0.00673. The third-order valence-electron chi connectivity index (χ3n) is 2.13. The van der Waals surface area contributed by atoms with E-state index >= 15 is 0 Å². The van der Waals surface area contributed by atoms with Crippen LogP contribution in [0.25, 0.3) is 0 Å². The molecule has 16 heavy (non-hydrogen) atoms. The predicted octanol–water partition coefficient (Wildman–Crippen LogP) is 4.07. The molecule has 0 aliphatic rings. The van der Waals surface area contributed by atoms with Crippen molar-refractivity contribution in [3.8, 4) is 0 Å². The van der Waals surface area contributed by atoms with Crippen LogP contribution in [0.15, 0.2) is 4.99 Å². The van der Waals surface area contributed by atoms with Crippen LogP contribution in [0.5, 0.6) is 0 Å². The van der Waals surface area contributed by atoms with Crippen molar-refractivity contribution < 1.29 is 4.74 Å². The standard InChI is InChI=1S/C13H26BrNO/c1-7-16-11(9-14)8-13(5,6)10-15-12(2,3)4/h10-11H,7-9H2,1-6H3. The molecule has 0 aromatic carbocycles. The highest BCUT2D eigenvalue weighted by atomic mass is 79.9. The van der Waals surface area contributed by atoms with E-state index in [0.717, 1.165) is 18.4 Å². The Bertz CT molecular complexity index is 218. The SMILES string of the molecule is CCOC(CBr)CC(C)(C)C=NC(C)(C)C. The Hall–Kier alpha value is 0.110. The molecule has 0 aromatic rings. The monoisotopic (exact) mass is 291 g/mol. The van der Waals surface area contributed by atoms with Gasteiger partial charge < -0.3 is 4.74 Å². The van der Waals surface area contributed by atoms with Crippen LogP contribution in [0.3, 0.4) is 0 Å². The first kappa shape index (κ1) is 16.1. The molecule has 0 fully saturated rings. The van der Waals surface area contributed by atoms with Gasteiger partial charge in [-0.2, -0.15) is 0 Å². The Morgan fingerprint density at radius 1 is 1.25 bits per heavy atom. The number of rotatable bonds is 6. The van der Waals surface area contributed by atoms with Crippen LogP contribution in [0.1, 0.15) is 48.0 Å². The highest BCUT2D eigenvalue weighted by Gasteiger charge is 2.22. The maximum atomic E-state index is 5.65. The lowest BCUT2D eigenvalue weighted by molar-refractivity contribution is 0.0592. The van der Waals surface area contributed by atoms with Crippen LogP contribution >= 0.6 is 15.9 Å². The topological polar surface area (TPSA) is 21.6 Å². The number of hydrogen-bond donors (Lipinski definition) is 0. The van der Waals surface area contributed by atoms with E-state index in [2.05, 4.69) is 61.8 Å². The predicted molar refractivity (Wildman–Crippen MR) is 75.9 cm³/mol. The molecule has 0 aliphatic heterocycles. The number of hydrogen-bond acceptors (Lipinski definition) is 2. The first-order valence-electron chi connectivity index (χ1n) is 5.94. The van der Waals surface area contributed by atoms with Crippen molar-refractivity contribution >= 4 is 22.1 Å². The summed E-state index contributed by atoms with van der Waals surface area (Å²) in [5.41, 5.74) is 0.0909. The molecule has 0 radical (unpaired) electrons. The zero-order chi connectivity index (χ0) is 12.8. The van der Waals surface area contributed by atoms with E-state index in [-0.39, 0.29) is 17.1 Å². The normalized spacial score (nSPS) is 15.7. The van der Waals surface area contributed by atoms with Gasteiger partial charge in [0.15, 0.2) is 0 Å². The molecule has 0 aromatic heterocycles. The molecule has 0 saturated heterocycles. The average molecular weight is 292 g/mol. The fraction of sp³-hybridized carbons (Fsp3) is 0.923. The molecule has 0 spiro atoms. The number of aliphatic imine (C=N–C) groups is 1. The minimum absolute atomic E-state index is 0.00673. The molecule has 0 N–H and O–H groups in total. The van der Waals surface area contributed by atoms with Crippen molar-refractivity contribution in [2.75, 3.05) is 11.9 Å². The lowest BCUT2D eigenvalue weighted by Crippen LogP contribution is -2.26. The highest BCUT2D eigenvalue weighted by molar-refractivity contribution is 9.09. The highest BCUT2D eigenvalue weighted by Crippen LogP contribution is 2.23. The Morgan fingerprint density at radius 2 is 1.81 bits per heavy atom. The molecule has 0 rings (SSSR count). The van der Waals surface area contributed by atoms with Crippen molar-refractivity contribution in [2.24, 2.45) is 10.4 Å². The maximum absolute atomic E-state index is 5.65. The molecule has 1 atom stereocenters. The van der Waals surface area contributed by atoms with Gasteiger partial charge in [-0.15, -0.1) is 0 Å². The van der Waals surface area contributed by atoms with Gasteiger partial charge in [-0.3, -0.25) is 4.99 Å². The first-order valence-corrected chi connectivity index (χ1v) is 7.06. The largest absolute Gasteiger partial charge is 0.378 e. The number of nitrogens with zero attached hydrogens (tertiary/aromatic N) is 1. The molecular formula is C13H26BrNO.